The summed E-state index contributed by atoms with van der Waals surface area (Å²) in [5.41, 5.74) is 5.56. The molecule has 0 aromatic heterocycles. The fourth-order valence-corrected chi connectivity index (χ4v) is 1.16. The highest BCUT2D eigenvalue weighted by atomic mass is 16.5. The number of rotatable bonds is 5. The number of carbonyl (C=O) groups excluding carboxylic acids is 2. The fraction of sp³-hybridized carbons (Fsp3) is 0.333. The molecule has 1 unspecified atom stereocenters. The van der Waals surface area contributed by atoms with Gasteiger partial charge in [0.1, 0.15) is 6.04 Å². The summed E-state index contributed by atoms with van der Waals surface area (Å²) in [6.45, 7) is 3.66. The van der Waals surface area contributed by atoms with Crippen LogP contribution in [0, 0.1) is 0 Å². The van der Waals surface area contributed by atoms with Gasteiger partial charge < -0.3 is 4.74 Å². The molecule has 1 aromatic carbocycles. The summed E-state index contributed by atoms with van der Waals surface area (Å²) >= 11 is 0. The summed E-state index contributed by atoms with van der Waals surface area (Å²) in [4.78, 5) is 22.9. The Morgan fingerprint density at radius 3 is 2.53 bits per heavy atom. The Labute approximate surface area is 100 Å². The first-order chi connectivity index (χ1) is 8.15. The summed E-state index contributed by atoms with van der Waals surface area (Å²) in [6, 6.07) is 8.15. The highest BCUT2D eigenvalue weighted by Gasteiger charge is 2.14. The van der Waals surface area contributed by atoms with Crippen LogP contribution in [0.4, 0.5) is 0 Å². The Hall–Kier alpha value is -1.88. The lowest BCUT2D eigenvalue weighted by Gasteiger charge is -2.13. The maximum absolute atomic E-state index is 11.6. The summed E-state index contributed by atoms with van der Waals surface area (Å²) in [6.07, 6.45) is 0. The molecule has 0 bridgehead atoms. The molecule has 0 heterocycles. The van der Waals surface area contributed by atoms with Crippen LogP contribution in [0.25, 0.3) is 0 Å². The topological polar surface area (TPSA) is 67.4 Å². The van der Waals surface area contributed by atoms with Crippen LogP contribution in [0.15, 0.2) is 30.3 Å². The largest absolute Gasteiger partial charge is 0.465 e. The third-order valence-electron chi connectivity index (χ3n) is 2.08. The van der Waals surface area contributed by atoms with Crippen LogP contribution in [0.2, 0.25) is 0 Å². The second kappa shape index (κ2) is 6.65. The van der Waals surface area contributed by atoms with E-state index in [1.54, 1.807) is 38.1 Å². The number of carbonyl (C=O) groups is 2. The van der Waals surface area contributed by atoms with E-state index in [1.165, 1.54) is 0 Å². The van der Waals surface area contributed by atoms with E-state index in [4.69, 9.17) is 4.74 Å². The Balaban J connectivity index is 2.41. The van der Waals surface area contributed by atoms with Crippen molar-refractivity contribution < 1.29 is 14.3 Å². The minimum Gasteiger partial charge on any atom is -0.465 e. The zero-order valence-corrected chi connectivity index (χ0v) is 9.90. The van der Waals surface area contributed by atoms with Crippen molar-refractivity contribution in [3.05, 3.63) is 35.9 Å². The number of benzene rings is 1. The number of hydrogen-bond donors (Lipinski definition) is 2. The zero-order valence-electron chi connectivity index (χ0n) is 9.90. The lowest BCUT2D eigenvalue weighted by molar-refractivity contribution is -0.145. The minimum absolute atomic E-state index is 0.290. The fourth-order valence-electron chi connectivity index (χ4n) is 1.16. The average Bonchev–Trinajstić information content (AvgIpc) is 2.36. The van der Waals surface area contributed by atoms with Crippen LogP contribution in [0.3, 0.4) is 0 Å². The van der Waals surface area contributed by atoms with Crippen LogP contribution in [-0.2, 0) is 9.53 Å². The minimum atomic E-state index is -0.581. The lowest BCUT2D eigenvalue weighted by Crippen LogP contribution is -2.47. The smallest absolute Gasteiger partial charge is 0.324 e. The number of hydrogen-bond acceptors (Lipinski definition) is 4. The third-order valence-corrected chi connectivity index (χ3v) is 2.08. The molecule has 0 spiro atoms. The second-order valence-electron chi connectivity index (χ2n) is 3.44. The predicted molar refractivity (Wildman–Crippen MR) is 63.1 cm³/mol. The molecular weight excluding hydrogens is 220 g/mol. The van der Waals surface area contributed by atoms with Gasteiger partial charge in [0.25, 0.3) is 5.91 Å². The number of amides is 1. The van der Waals surface area contributed by atoms with E-state index in [0.717, 1.165) is 0 Å². The van der Waals surface area contributed by atoms with Crippen molar-refractivity contribution in [2.75, 3.05) is 6.61 Å². The molecule has 2 N–H and O–H groups in total. The number of nitrogens with one attached hydrogen (secondary N) is 2. The van der Waals surface area contributed by atoms with Crippen LogP contribution in [0.1, 0.15) is 24.2 Å². The molecular formula is C12H16N2O3. The molecule has 0 radical (unpaired) electrons. The first-order valence-corrected chi connectivity index (χ1v) is 5.42. The molecule has 0 aliphatic carbocycles. The van der Waals surface area contributed by atoms with Gasteiger partial charge in [-0.2, -0.15) is 0 Å². The van der Waals surface area contributed by atoms with Crippen LogP contribution in [0.5, 0.6) is 0 Å². The van der Waals surface area contributed by atoms with Gasteiger partial charge in [-0.25, -0.2) is 5.43 Å². The molecule has 1 amide bonds. The Morgan fingerprint density at radius 2 is 1.94 bits per heavy atom. The summed E-state index contributed by atoms with van der Waals surface area (Å²) < 4.78 is 4.79. The third kappa shape index (κ3) is 4.24. The first kappa shape index (κ1) is 13.2. The molecule has 92 valence electrons. The number of ether oxygens (including phenoxy) is 1. The molecule has 0 aliphatic rings. The second-order valence-corrected chi connectivity index (χ2v) is 3.44. The van der Waals surface area contributed by atoms with E-state index in [2.05, 4.69) is 10.9 Å². The van der Waals surface area contributed by atoms with Gasteiger partial charge in [-0.3, -0.25) is 15.0 Å². The van der Waals surface area contributed by atoms with Crippen LogP contribution < -0.4 is 10.9 Å². The van der Waals surface area contributed by atoms with Crippen molar-refractivity contribution in [2.45, 2.75) is 19.9 Å². The van der Waals surface area contributed by atoms with Crippen molar-refractivity contribution >= 4 is 11.9 Å². The van der Waals surface area contributed by atoms with Crippen LogP contribution in [-0.4, -0.2) is 24.5 Å². The Bertz CT molecular complexity index is 379. The molecule has 0 saturated heterocycles. The van der Waals surface area contributed by atoms with Crippen molar-refractivity contribution in [3.8, 4) is 0 Å². The number of hydrazine groups is 1. The molecule has 0 aliphatic heterocycles. The molecule has 0 fully saturated rings. The normalized spacial score (nSPS) is 11.6. The van der Waals surface area contributed by atoms with Crippen molar-refractivity contribution in [1.82, 2.24) is 10.9 Å². The maximum atomic E-state index is 11.6. The van der Waals surface area contributed by atoms with E-state index in [1.807, 2.05) is 6.07 Å². The van der Waals surface area contributed by atoms with E-state index in [-0.39, 0.29) is 5.91 Å². The highest BCUT2D eigenvalue weighted by Crippen LogP contribution is 1.97. The highest BCUT2D eigenvalue weighted by molar-refractivity contribution is 5.94. The van der Waals surface area contributed by atoms with Gasteiger partial charge in [-0.05, 0) is 26.0 Å². The average molecular weight is 236 g/mol. The van der Waals surface area contributed by atoms with Crippen molar-refractivity contribution in [1.29, 1.82) is 0 Å². The standard InChI is InChI=1S/C12H16N2O3/c1-3-17-12(16)9(2)13-14-11(15)10-7-5-4-6-8-10/h4-9,13H,3H2,1-2H3,(H,14,15). The SMILES string of the molecule is CCOC(=O)C(C)NNC(=O)c1ccccc1. The van der Waals surface area contributed by atoms with E-state index >= 15 is 0 Å². The molecule has 5 heteroatoms. The molecule has 0 saturated carbocycles. The maximum Gasteiger partial charge on any atom is 0.324 e. The first-order valence-electron chi connectivity index (χ1n) is 5.42. The quantitative estimate of drug-likeness (QED) is 0.588. The van der Waals surface area contributed by atoms with E-state index in [9.17, 15) is 9.59 Å². The summed E-state index contributed by atoms with van der Waals surface area (Å²) in [5.74, 6) is -0.692. The van der Waals surface area contributed by atoms with Gasteiger partial charge in [0.05, 0.1) is 6.61 Å². The Morgan fingerprint density at radius 1 is 1.29 bits per heavy atom. The van der Waals surface area contributed by atoms with Crippen LogP contribution >= 0.6 is 0 Å². The van der Waals surface area contributed by atoms with Gasteiger partial charge in [-0.15, -0.1) is 0 Å². The molecule has 1 atom stereocenters. The molecule has 1 rings (SSSR count). The van der Waals surface area contributed by atoms with E-state index in [0.29, 0.717) is 12.2 Å². The van der Waals surface area contributed by atoms with Gasteiger partial charge in [-0.1, -0.05) is 18.2 Å². The van der Waals surface area contributed by atoms with Crippen molar-refractivity contribution in [3.63, 3.8) is 0 Å². The predicted octanol–water partition coefficient (Wildman–Crippen LogP) is 0.873. The molecule has 1 aromatic rings. The number of esters is 1. The van der Waals surface area contributed by atoms with Gasteiger partial charge in [0.2, 0.25) is 0 Å². The lowest BCUT2D eigenvalue weighted by atomic mass is 10.2. The molecule has 17 heavy (non-hydrogen) atoms. The molecule has 5 nitrogen and oxygen atoms in total. The zero-order chi connectivity index (χ0) is 12.7. The summed E-state index contributed by atoms with van der Waals surface area (Å²) in [5, 5.41) is 0. The van der Waals surface area contributed by atoms with Gasteiger partial charge >= 0.3 is 5.97 Å². The summed E-state index contributed by atoms with van der Waals surface area (Å²) in [7, 11) is 0. The Kier molecular flexibility index (Phi) is 5.16. The van der Waals surface area contributed by atoms with E-state index < -0.39 is 12.0 Å². The van der Waals surface area contributed by atoms with Gasteiger partial charge in [0, 0.05) is 5.56 Å². The van der Waals surface area contributed by atoms with Crippen molar-refractivity contribution in [2.24, 2.45) is 0 Å². The monoisotopic (exact) mass is 236 g/mol. The van der Waals surface area contributed by atoms with Gasteiger partial charge in [0.15, 0.2) is 0 Å².